The van der Waals surface area contributed by atoms with Gasteiger partial charge in [-0.15, -0.1) is 0 Å². The number of piperazine rings is 1. The van der Waals surface area contributed by atoms with E-state index < -0.39 is 0 Å². The Morgan fingerprint density at radius 2 is 1.33 bits per heavy atom. The summed E-state index contributed by atoms with van der Waals surface area (Å²) in [6.45, 7) is 18.3. The Labute approximate surface area is 131 Å². The van der Waals surface area contributed by atoms with Gasteiger partial charge in [0.15, 0.2) is 0 Å². The highest BCUT2D eigenvalue weighted by Crippen LogP contribution is 2.02. The van der Waals surface area contributed by atoms with Crippen molar-refractivity contribution in [3.63, 3.8) is 0 Å². The molecule has 0 atom stereocenters. The van der Waals surface area contributed by atoms with Crippen LogP contribution in [0.25, 0.3) is 0 Å². The number of hydrogen-bond acceptors (Lipinski definition) is 3. The molecule has 0 spiro atoms. The Hall–Kier alpha value is -1.10. The van der Waals surface area contributed by atoms with Crippen molar-refractivity contribution in [1.82, 2.24) is 9.80 Å². The molecule has 1 rings (SSSR count). The van der Waals surface area contributed by atoms with Crippen molar-refractivity contribution in [1.29, 1.82) is 0 Å². The summed E-state index contributed by atoms with van der Waals surface area (Å²) in [5, 5.41) is 0. The fourth-order valence-electron chi connectivity index (χ4n) is 1.14. The Morgan fingerprint density at radius 1 is 1.00 bits per heavy atom. The number of hydrogen-bond donors (Lipinski definition) is 0. The summed E-state index contributed by atoms with van der Waals surface area (Å²) in [7, 11) is 1.71. The van der Waals surface area contributed by atoms with E-state index in [1.807, 2.05) is 48.5 Å². The molecule has 0 saturated carbocycles. The van der Waals surface area contributed by atoms with Crippen LogP contribution in [0.5, 0.6) is 0 Å². The van der Waals surface area contributed by atoms with Crippen LogP contribution in [0.4, 0.5) is 0 Å². The molecule has 5 heteroatoms. The molecule has 0 unspecified atom stereocenters. The lowest BCUT2D eigenvalue weighted by Gasteiger charge is -2.31. The van der Waals surface area contributed by atoms with Gasteiger partial charge in [-0.3, -0.25) is 9.59 Å². The van der Waals surface area contributed by atoms with Gasteiger partial charge in [-0.1, -0.05) is 27.7 Å². The predicted molar refractivity (Wildman–Crippen MR) is 89.3 cm³/mol. The number of carbonyl (C=O) groups is 2. The number of amides is 2. The third-order valence-electron chi connectivity index (χ3n) is 2.52. The molecule has 0 bridgehead atoms. The lowest BCUT2D eigenvalue weighted by atomic mass is 10.2. The largest absolute Gasteiger partial charge is 0.379 e. The van der Waals surface area contributed by atoms with Gasteiger partial charge in [0.05, 0.1) is 5.60 Å². The van der Waals surface area contributed by atoms with E-state index in [1.54, 1.807) is 23.8 Å². The number of rotatable bonds is 1. The van der Waals surface area contributed by atoms with Crippen molar-refractivity contribution in [2.24, 2.45) is 0 Å². The average Bonchev–Trinajstić information content (AvgIpc) is 2.51. The van der Waals surface area contributed by atoms with Gasteiger partial charge in [0.25, 0.3) is 0 Å². The molecule has 0 N–H and O–H groups in total. The SMILES string of the molecule is CC.CC.CC(=O)N1CCN(C=O)CC1.COC(C)(C)C. The summed E-state index contributed by atoms with van der Waals surface area (Å²) in [5.74, 6) is 0.0931. The van der Waals surface area contributed by atoms with E-state index in [-0.39, 0.29) is 11.5 Å². The number of carbonyl (C=O) groups excluding carboxylic acids is 2. The lowest BCUT2D eigenvalue weighted by Crippen LogP contribution is -2.47. The second-order valence-electron chi connectivity index (χ2n) is 4.96. The molecule has 0 aromatic carbocycles. The van der Waals surface area contributed by atoms with Gasteiger partial charge in [0, 0.05) is 40.2 Å². The summed E-state index contributed by atoms with van der Waals surface area (Å²) in [4.78, 5) is 24.5. The molecule has 5 nitrogen and oxygen atoms in total. The molecular formula is C16H36N2O3. The molecule has 1 fully saturated rings. The first-order valence-electron chi connectivity index (χ1n) is 7.80. The Morgan fingerprint density at radius 3 is 1.52 bits per heavy atom. The minimum absolute atomic E-state index is 0.0417. The van der Waals surface area contributed by atoms with Crippen molar-refractivity contribution in [3.05, 3.63) is 0 Å². The van der Waals surface area contributed by atoms with Gasteiger partial charge in [-0.2, -0.15) is 0 Å². The third-order valence-corrected chi connectivity index (χ3v) is 2.52. The molecule has 1 aliphatic heterocycles. The number of ether oxygens (including phenoxy) is 1. The van der Waals surface area contributed by atoms with Crippen LogP contribution in [0.2, 0.25) is 0 Å². The van der Waals surface area contributed by atoms with Crippen LogP contribution >= 0.6 is 0 Å². The number of methoxy groups -OCH3 is 1. The first-order chi connectivity index (χ1) is 9.80. The Balaban J connectivity index is -0.000000277. The summed E-state index contributed by atoms with van der Waals surface area (Å²) in [5.41, 5.74) is 0.0417. The van der Waals surface area contributed by atoms with Gasteiger partial charge in [-0.25, -0.2) is 0 Å². The van der Waals surface area contributed by atoms with Crippen LogP contribution in [-0.2, 0) is 14.3 Å². The van der Waals surface area contributed by atoms with Crippen LogP contribution in [0.3, 0.4) is 0 Å². The summed E-state index contributed by atoms with van der Waals surface area (Å²) < 4.78 is 4.94. The summed E-state index contributed by atoms with van der Waals surface area (Å²) >= 11 is 0. The van der Waals surface area contributed by atoms with E-state index in [9.17, 15) is 9.59 Å². The standard InChI is InChI=1S/C7H12N2O2.C5H12O.2C2H6/c1-7(11)9-4-2-8(6-10)3-5-9;1-5(2,3)6-4;2*1-2/h6H,2-5H2,1H3;1-4H3;2*1-2H3. The van der Waals surface area contributed by atoms with E-state index >= 15 is 0 Å². The summed E-state index contributed by atoms with van der Waals surface area (Å²) in [6.07, 6.45) is 0.831. The Bertz CT molecular complexity index is 242. The molecule has 1 saturated heterocycles. The Kier molecular flexibility index (Phi) is 18.1. The normalized spacial score (nSPS) is 13.6. The zero-order valence-corrected chi connectivity index (χ0v) is 15.5. The summed E-state index contributed by atoms with van der Waals surface area (Å²) in [6, 6.07) is 0. The van der Waals surface area contributed by atoms with Crippen LogP contribution in [-0.4, -0.2) is 61.0 Å². The van der Waals surface area contributed by atoms with Crippen LogP contribution in [0.15, 0.2) is 0 Å². The maximum Gasteiger partial charge on any atom is 0.219 e. The first-order valence-corrected chi connectivity index (χ1v) is 7.80. The molecular weight excluding hydrogens is 268 g/mol. The topological polar surface area (TPSA) is 49.9 Å². The zero-order chi connectivity index (χ0) is 17.5. The molecule has 1 heterocycles. The van der Waals surface area contributed by atoms with E-state index in [1.165, 1.54) is 0 Å². The molecule has 2 amide bonds. The second-order valence-corrected chi connectivity index (χ2v) is 4.96. The fraction of sp³-hybridized carbons (Fsp3) is 0.875. The zero-order valence-electron chi connectivity index (χ0n) is 15.5. The molecule has 1 aliphatic rings. The van der Waals surface area contributed by atoms with Gasteiger partial charge >= 0.3 is 0 Å². The lowest BCUT2D eigenvalue weighted by molar-refractivity contribution is -0.133. The minimum atomic E-state index is 0.0417. The third kappa shape index (κ3) is 16.8. The maximum atomic E-state index is 10.8. The van der Waals surface area contributed by atoms with Crippen LogP contribution in [0, 0.1) is 0 Å². The maximum absolute atomic E-state index is 10.8. The van der Waals surface area contributed by atoms with Gasteiger partial charge in [0.1, 0.15) is 0 Å². The van der Waals surface area contributed by atoms with Crippen molar-refractivity contribution in [2.75, 3.05) is 33.3 Å². The van der Waals surface area contributed by atoms with Gasteiger partial charge in [-0.05, 0) is 20.8 Å². The minimum Gasteiger partial charge on any atom is -0.379 e. The van der Waals surface area contributed by atoms with Crippen molar-refractivity contribution >= 4 is 12.3 Å². The van der Waals surface area contributed by atoms with E-state index in [2.05, 4.69) is 0 Å². The van der Waals surface area contributed by atoms with Crippen molar-refractivity contribution in [3.8, 4) is 0 Å². The van der Waals surface area contributed by atoms with Crippen LogP contribution in [0.1, 0.15) is 55.4 Å². The van der Waals surface area contributed by atoms with E-state index in [4.69, 9.17) is 4.74 Å². The smallest absolute Gasteiger partial charge is 0.219 e. The molecule has 0 aliphatic carbocycles. The van der Waals surface area contributed by atoms with E-state index in [0.29, 0.717) is 26.2 Å². The highest BCUT2D eigenvalue weighted by molar-refractivity contribution is 5.73. The first kappa shape index (κ1) is 24.9. The predicted octanol–water partition coefficient (Wildman–Crippen LogP) is 2.79. The molecule has 0 radical (unpaired) electrons. The molecule has 0 aromatic rings. The average molecular weight is 304 g/mol. The fourth-order valence-corrected chi connectivity index (χ4v) is 1.14. The molecule has 0 aromatic heterocycles. The number of nitrogens with zero attached hydrogens (tertiary/aromatic N) is 2. The van der Waals surface area contributed by atoms with E-state index in [0.717, 1.165) is 6.41 Å². The van der Waals surface area contributed by atoms with Gasteiger partial charge in [0.2, 0.25) is 12.3 Å². The molecule has 21 heavy (non-hydrogen) atoms. The molecule has 128 valence electrons. The van der Waals surface area contributed by atoms with Crippen molar-refractivity contribution in [2.45, 2.75) is 61.0 Å². The van der Waals surface area contributed by atoms with Crippen LogP contribution < -0.4 is 0 Å². The quantitative estimate of drug-likeness (QED) is 0.700. The highest BCUT2D eigenvalue weighted by atomic mass is 16.5. The van der Waals surface area contributed by atoms with Crippen molar-refractivity contribution < 1.29 is 14.3 Å². The second kappa shape index (κ2) is 15.3. The van der Waals surface area contributed by atoms with Gasteiger partial charge < -0.3 is 14.5 Å². The monoisotopic (exact) mass is 304 g/mol. The highest BCUT2D eigenvalue weighted by Gasteiger charge is 2.16.